The third kappa shape index (κ3) is 4.66. The van der Waals surface area contributed by atoms with Crippen LogP contribution in [0.2, 0.25) is 5.02 Å². The average molecular weight is 380 g/mol. The molecular formula is C17H18ClN3O3S. The van der Waals surface area contributed by atoms with Crippen molar-refractivity contribution in [1.82, 2.24) is 9.73 Å². The number of nitrogens with one attached hydrogen (secondary N) is 1. The van der Waals surface area contributed by atoms with E-state index in [0.29, 0.717) is 10.7 Å². The van der Waals surface area contributed by atoms with E-state index in [1.54, 1.807) is 31.2 Å². The first-order valence-corrected chi connectivity index (χ1v) is 9.17. The van der Waals surface area contributed by atoms with E-state index in [0.717, 1.165) is 9.87 Å². The van der Waals surface area contributed by atoms with Crippen molar-refractivity contribution in [2.75, 3.05) is 14.1 Å². The molecule has 0 aliphatic rings. The van der Waals surface area contributed by atoms with Gasteiger partial charge in [-0.3, -0.25) is 4.79 Å². The number of carbonyl (C=O) groups is 1. The normalized spacial score (nSPS) is 12.3. The molecule has 8 heteroatoms. The first kappa shape index (κ1) is 19.1. The van der Waals surface area contributed by atoms with Crippen LogP contribution in [-0.2, 0) is 10.0 Å². The Morgan fingerprint density at radius 3 is 2.32 bits per heavy atom. The molecule has 2 aromatic carbocycles. The predicted octanol–water partition coefficient (Wildman–Crippen LogP) is 2.74. The first-order valence-electron chi connectivity index (χ1n) is 7.35. The van der Waals surface area contributed by atoms with Crippen molar-refractivity contribution < 1.29 is 13.2 Å². The average Bonchev–Trinajstić information content (AvgIpc) is 2.60. The van der Waals surface area contributed by atoms with Gasteiger partial charge in [0.05, 0.1) is 10.6 Å². The Morgan fingerprint density at radius 1 is 1.08 bits per heavy atom. The molecule has 0 radical (unpaired) electrons. The van der Waals surface area contributed by atoms with Gasteiger partial charge >= 0.3 is 0 Å². The topological polar surface area (TPSA) is 78.8 Å². The van der Waals surface area contributed by atoms with E-state index in [4.69, 9.17) is 11.6 Å². The fourth-order valence-electron chi connectivity index (χ4n) is 1.96. The molecule has 0 heterocycles. The van der Waals surface area contributed by atoms with Gasteiger partial charge in [0.1, 0.15) is 0 Å². The molecule has 25 heavy (non-hydrogen) atoms. The Balaban J connectivity index is 2.19. The third-order valence-corrected chi connectivity index (χ3v) is 5.53. The number of hydrogen-bond acceptors (Lipinski definition) is 4. The van der Waals surface area contributed by atoms with Crippen molar-refractivity contribution in [3.63, 3.8) is 0 Å². The highest BCUT2D eigenvalue weighted by molar-refractivity contribution is 7.89. The minimum Gasteiger partial charge on any atom is -0.267 e. The highest BCUT2D eigenvalue weighted by Gasteiger charge is 2.18. The Kier molecular flexibility index (Phi) is 5.94. The summed E-state index contributed by atoms with van der Waals surface area (Å²) in [5.41, 5.74) is 4.04. The number of benzene rings is 2. The van der Waals surface area contributed by atoms with Gasteiger partial charge in [-0.2, -0.15) is 5.10 Å². The molecule has 0 aliphatic carbocycles. The molecule has 0 bridgehead atoms. The summed E-state index contributed by atoms with van der Waals surface area (Å²) in [4.78, 5) is 12.3. The molecule has 2 rings (SSSR count). The van der Waals surface area contributed by atoms with Crippen molar-refractivity contribution >= 4 is 33.2 Å². The molecule has 0 atom stereocenters. The lowest BCUT2D eigenvalue weighted by atomic mass is 10.1. The minimum atomic E-state index is -3.61. The molecule has 0 fully saturated rings. The van der Waals surface area contributed by atoms with E-state index in [1.165, 1.54) is 38.4 Å². The number of hydrazone groups is 1. The van der Waals surface area contributed by atoms with E-state index < -0.39 is 15.9 Å². The van der Waals surface area contributed by atoms with Gasteiger partial charge in [-0.15, -0.1) is 0 Å². The van der Waals surface area contributed by atoms with E-state index in [1.807, 2.05) is 0 Å². The molecule has 0 unspecified atom stereocenters. The monoisotopic (exact) mass is 379 g/mol. The van der Waals surface area contributed by atoms with Crippen LogP contribution in [-0.4, -0.2) is 38.4 Å². The zero-order valence-corrected chi connectivity index (χ0v) is 15.6. The van der Waals surface area contributed by atoms with Gasteiger partial charge in [0, 0.05) is 24.7 Å². The number of sulfonamides is 1. The molecule has 0 aromatic heterocycles. The zero-order valence-electron chi connectivity index (χ0n) is 14.0. The summed E-state index contributed by atoms with van der Waals surface area (Å²) >= 11 is 5.84. The zero-order chi connectivity index (χ0) is 18.6. The summed E-state index contributed by atoms with van der Waals surface area (Å²) in [5.74, 6) is -0.496. The maximum Gasteiger partial charge on any atom is 0.271 e. The fourth-order valence-corrected chi connectivity index (χ4v) is 3.04. The Hall–Kier alpha value is -2.22. The summed E-state index contributed by atoms with van der Waals surface area (Å²) in [6, 6.07) is 12.8. The van der Waals surface area contributed by atoms with Crippen molar-refractivity contribution in [2.24, 2.45) is 5.10 Å². The Morgan fingerprint density at radius 2 is 1.72 bits per heavy atom. The SMILES string of the molecule is C/C(=N/NC(=O)c1cccc(S(=O)(=O)N(C)C)c1)c1ccc(Cl)cc1. The van der Waals surface area contributed by atoms with E-state index in [2.05, 4.69) is 10.5 Å². The first-order chi connectivity index (χ1) is 11.7. The van der Waals surface area contributed by atoms with E-state index >= 15 is 0 Å². The molecule has 2 aromatic rings. The van der Waals surface area contributed by atoms with Crippen LogP contribution >= 0.6 is 11.6 Å². The molecule has 1 N–H and O–H groups in total. The summed E-state index contributed by atoms with van der Waals surface area (Å²) in [6.07, 6.45) is 0. The standard InChI is InChI=1S/C17H18ClN3O3S/c1-12(13-7-9-15(18)10-8-13)19-20-17(22)14-5-4-6-16(11-14)25(23,24)21(2)3/h4-11H,1-3H3,(H,20,22)/b19-12-. The third-order valence-electron chi connectivity index (χ3n) is 3.46. The second kappa shape index (κ2) is 7.77. The molecule has 0 aliphatic heterocycles. The second-order valence-electron chi connectivity index (χ2n) is 5.46. The smallest absolute Gasteiger partial charge is 0.267 e. The minimum absolute atomic E-state index is 0.0450. The lowest BCUT2D eigenvalue weighted by Crippen LogP contribution is -2.23. The van der Waals surface area contributed by atoms with Crippen LogP contribution in [0.3, 0.4) is 0 Å². The van der Waals surface area contributed by atoms with Crippen LogP contribution in [0.5, 0.6) is 0 Å². The number of hydrogen-bond donors (Lipinski definition) is 1. The molecule has 0 spiro atoms. The van der Waals surface area contributed by atoms with Crippen molar-refractivity contribution in [3.8, 4) is 0 Å². The van der Waals surface area contributed by atoms with Crippen molar-refractivity contribution in [1.29, 1.82) is 0 Å². The molecule has 132 valence electrons. The molecule has 0 saturated carbocycles. The van der Waals surface area contributed by atoms with Crippen LogP contribution < -0.4 is 5.43 Å². The number of carbonyl (C=O) groups excluding carboxylic acids is 1. The highest BCUT2D eigenvalue weighted by Crippen LogP contribution is 2.15. The van der Waals surface area contributed by atoms with Gasteiger partial charge in [-0.05, 0) is 42.8 Å². The second-order valence-corrected chi connectivity index (χ2v) is 8.05. The van der Waals surface area contributed by atoms with Gasteiger partial charge in [0.15, 0.2) is 0 Å². The largest absolute Gasteiger partial charge is 0.271 e. The van der Waals surface area contributed by atoms with Gasteiger partial charge in [0.2, 0.25) is 10.0 Å². The molecule has 1 amide bonds. The quantitative estimate of drug-likeness (QED) is 0.640. The van der Waals surface area contributed by atoms with Crippen LogP contribution in [0.1, 0.15) is 22.8 Å². The van der Waals surface area contributed by atoms with Crippen molar-refractivity contribution in [2.45, 2.75) is 11.8 Å². The molecular weight excluding hydrogens is 362 g/mol. The number of rotatable bonds is 5. The van der Waals surface area contributed by atoms with Gasteiger partial charge < -0.3 is 0 Å². The van der Waals surface area contributed by atoms with Gasteiger partial charge in [-0.25, -0.2) is 18.1 Å². The molecule has 6 nitrogen and oxygen atoms in total. The maximum absolute atomic E-state index is 12.2. The fraction of sp³-hybridized carbons (Fsp3) is 0.176. The summed E-state index contributed by atoms with van der Waals surface area (Å²) < 4.78 is 25.4. The van der Waals surface area contributed by atoms with Crippen LogP contribution in [0.15, 0.2) is 58.5 Å². The highest BCUT2D eigenvalue weighted by atomic mass is 35.5. The van der Waals surface area contributed by atoms with Gasteiger partial charge in [-0.1, -0.05) is 29.8 Å². The van der Waals surface area contributed by atoms with Crippen LogP contribution in [0.25, 0.3) is 0 Å². The maximum atomic E-state index is 12.2. The molecule has 0 saturated heterocycles. The Bertz CT molecular complexity index is 907. The van der Waals surface area contributed by atoms with Crippen LogP contribution in [0, 0.1) is 0 Å². The number of nitrogens with zero attached hydrogens (tertiary/aromatic N) is 2. The lowest BCUT2D eigenvalue weighted by molar-refractivity contribution is 0.0954. The van der Waals surface area contributed by atoms with E-state index in [-0.39, 0.29) is 10.5 Å². The predicted molar refractivity (Wildman–Crippen MR) is 98.4 cm³/mol. The lowest BCUT2D eigenvalue weighted by Gasteiger charge is -2.12. The summed E-state index contributed by atoms with van der Waals surface area (Å²) in [7, 11) is -0.741. The number of amides is 1. The summed E-state index contributed by atoms with van der Waals surface area (Å²) in [6.45, 7) is 1.75. The van der Waals surface area contributed by atoms with Crippen molar-refractivity contribution in [3.05, 3.63) is 64.7 Å². The van der Waals surface area contributed by atoms with Gasteiger partial charge in [0.25, 0.3) is 5.91 Å². The van der Waals surface area contributed by atoms with E-state index in [9.17, 15) is 13.2 Å². The van der Waals surface area contributed by atoms with Crippen LogP contribution in [0.4, 0.5) is 0 Å². The summed E-state index contributed by atoms with van der Waals surface area (Å²) in [5, 5.41) is 4.65. The Labute approximate surface area is 152 Å². The number of halogens is 1.